The van der Waals surface area contributed by atoms with Crippen molar-refractivity contribution in [2.75, 3.05) is 12.3 Å². The van der Waals surface area contributed by atoms with Gasteiger partial charge in [0, 0.05) is 6.20 Å². The molecule has 1 aromatic rings. The smallest absolute Gasteiger partial charge is 0.383 e. The molecule has 0 fully saturated rings. The van der Waals surface area contributed by atoms with E-state index in [0.29, 0.717) is 0 Å². The van der Waals surface area contributed by atoms with E-state index in [2.05, 4.69) is 9.51 Å². The number of nitrogens with zero attached hydrogens (tertiary/aromatic N) is 2. The molecule has 0 aliphatic carbocycles. The minimum atomic E-state index is -4.49. The van der Waals surface area contributed by atoms with Crippen molar-refractivity contribution >= 4 is 13.6 Å². The Hall–Kier alpha value is -1.21. The van der Waals surface area contributed by atoms with E-state index < -0.39 is 13.5 Å². The average molecular weight is 235 g/mol. The second-order valence-electron chi connectivity index (χ2n) is 2.65. The topological polar surface area (TPSA) is 128 Å². The van der Waals surface area contributed by atoms with Crippen molar-refractivity contribution in [2.45, 2.75) is 6.54 Å². The largest absolute Gasteiger partial charge is 0.469 e. The Morgan fingerprint density at radius 3 is 2.80 bits per heavy atom. The Bertz CT molecular complexity index is 439. The van der Waals surface area contributed by atoms with Crippen LogP contribution in [0.25, 0.3) is 0 Å². The van der Waals surface area contributed by atoms with Gasteiger partial charge < -0.3 is 15.5 Å². The Balaban J connectivity index is 2.59. The molecule has 0 aliphatic heterocycles. The summed E-state index contributed by atoms with van der Waals surface area (Å²) in [6, 6.07) is 1.40. The number of nitrogens with two attached hydrogens (primary N) is 1. The van der Waals surface area contributed by atoms with Gasteiger partial charge in [0.2, 0.25) is 0 Å². The van der Waals surface area contributed by atoms with Crippen molar-refractivity contribution in [3.05, 3.63) is 22.7 Å². The molecule has 84 valence electrons. The molecule has 1 rings (SSSR count). The molecule has 0 radical (unpaired) electrons. The minimum absolute atomic E-state index is 0.00275. The number of anilines is 1. The summed E-state index contributed by atoms with van der Waals surface area (Å²) in [7, 11) is -4.49. The second kappa shape index (κ2) is 4.54. The number of hydrogen-bond acceptors (Lipinski definition) is 5. The first kappa shape index (κ1) is 11.9. The van der Waals surface area contributed by atoms with Crippen LogP contribution in [-0.4, -0.2) is 25.9 Å². The van der Waals surface area contributed by atoms with E-state index in [1.807, 2.05) is 0 Å². The molecule has 0 bridgehead atoms. The van der Waals surface area contributed by atoms with E-state index in [-0.39, 0.29) is 19.0 Å². The van der Waals surface area contributed by atoms with Gasteiger partial charge >= 0.3 is 13.5 Å². The highest BCUT2D eigenvalue weighted by Gasteiger charge is 2.13. The van der Waals surface area contributed by atoms with Crippen LogP contribution < -0.4 is 11.4 Å². The van der Waals surface area contributed by atoms with Crippen LogP contribution in [0.15, 0.2) is 17.1 Å². The molecular weight excluding hydrogens is 225 g/mol. The highest BCUT2D eigenvalue weighted by atomic mass is 31.2. The van der Waals surface area contributed by atoms with Gasteiger partial charge in [0.15, 0.2) is 0 Å². The lowest BCUT2D eigenvalue weighted by Gasteiger charge is -2.06. The van der Waals surface area contributed by atoms with Crippen LogP contribution >= 0.6 is 7.82 Å². The highest BCUT2D eigenvalue weighted by Crippen LogP contribution is 2.35. The monoisotopic (exact) mass is 235 g/mol. The number of rotatable bonds is 4. The zero-order valence-corrected chi connectivity index (χ0v) is 8.50. The summed E-state index contributed by atoms with van der Waals surface area (Å²) in [6.07, 6.45) is 1.37. The average Bonchev–Trinajstić information content (AvgIpc) is 2.07. The van der Waals surface area contributed by atoms with Crippen molar-refractivity contribution in [1.82, 2.24) is 9.55 Å². The van der Waals surface area contributed by atoms with E-state index in [4.69, 9.17) is 15.5 Å². The Morgan fingerprint density at radius 2 is 2.27 bits per heavy atom. The van der Waals surface area contributed by atoms with Crippen molar-refractivity contribution < 1.29 is 18.9 Å². The lowest BCUT2D eigenvalue weighted by molar-refractivity contribution is 0.189. The number of nitrogen functional groups attached to an aromatic ring is 1. The third kappa shape index (κ3) is 4.22. The first-order chi connectivity index (χ1) is 6.88. The predicted molar refractivity (Wildman–Crippen MR) is 50.9 cm³/mol. The van der Waals surface area contributed by atoms with Gasteiger partial charge in [-0.15, -0.1) is 0 Å². The van der Waals surface area contributed by atoms with Gasteiger partial charge in [-0.25, -0.2) is 9.36 Å². The van der Waals surface area contributed by atoms with Gasteiger partial charge in [0.05, 0.1) is 13.2 Å². The second-order valence-corrected chi connectivity index (χ2v) is 3.89. The third-order valence-corrected chi connectivity index (χ3v) is 2.01. The molecule has 9 heteroatoms. The normalized spacial score (nSPS) is 11.6. The standard InChI is InChI=1S/C6H10N3O5P/c7-5-1-2-9(6(10)8-5)3-4-14-15(11,12)13/h1-2H,3-4H2,(H2,7,8,10)(H2,11,12,13). The van der Waals surface area contributed by atoms with Crippen molar-refractivity contribution in [3.8, 4) is 0 Å². The maximum absolute atomic E-state index is 11.1. The van der Waals surface area contributed by atoms with E-state index in [1.54, 1.807) is 0 Å². The van der Waals surface area contributed by atoms with Gasteiger partial charge in [-0.3, -0.25) is 9.09 Å². The van der Waals surface area contributed by atoms with E-state index in [0.717, 1.165) is 4.57 Å². The number of hydrogen-bond donors (Lipinski definition) is 3. The number of phosphoric ester groups is 1. The van der Waals surface area contributed by atoms with E-state index >= 15 is 0 Å². The van der Waals surface area contributed by atoms with Crippen molar-refractivity contribution in [2.24, 2.45) is 0 Å². The fourth-order valence-corrected chi connectivity index (χ4v) is 1.19. The number of aromatic nitrogens is 2. The molecule has 0 aliphatic rings. The van der Waals surface area contributed by atoms with E-state index in [1.165, 1.54) is 12.3 Å². The summed E-state index contributed by atoms with van der Waals surface area (Å²) in [6.45, 7) is -0.285. The quantitative estimate of drug-likeness (QED) is 0.567. The highest BCUT2D eigenvalue weighted by molar-refractivity contribution is 7.46. The molecule has 0 saturated carbocycles. The van der Waals surface area contributed by atoms with Crippen LogP contribution in [0, 0.1) is 0 Å². The minimum Gasteiger partial charge on any atom is -0.383 e. The first-order valence-electron chi connectivity index (χ1n) is 3.91. The van der Waals surface area contributed by atoms with Crippen LogP contribution in [-0.2, 0) is 15.6 Å². The number of phosphoric acid groups is 1. The van der Waals surface area contributed by atoms with Crippen LogP contribution in [0.4, 0.5) is 5.82 Å². The van der Waals surface area contributed by atoms with Crippen LogP contribution in [0.2, 0.25) is 0 Å². The van der Waals surface area contributed by atoms with Crippen LogP contribution in [0.1, 0.15) is 0 Å². The fraction of sp³-hybridized carbons (Fsp3) is 0.333. The molecule has 8 nitrogen and oxygen atoms in total. The predicted octanol–water partition coefficient (Wildman–Crippen LogP) is -1.07. The molecule has 0 saturated heterocycles. The summed E-state index contributed by atoms with van der Waals surface area (Å²) < 4.78 is 15.6. The molecular formula is C6H10N3O5P. The first-order valence-corrected chi connectivity index (χ1v) is 5.44. The van der Waals surface area contributed by atoms with Crippen LogP contribution in [0.5, 0.6) is 0 Å². The third-order valence-electron chi connectivity index (χ3n) is 1.49. The van der Waals surface area contributed by atoms with Crippen molar-refractivity contribution in [1.29, 1.82) is 0 Å². The van der Waals surface area contributed by atoms with Gasteiger partial charge in [-0.1, -0.05) is 0 Å². The van der Waals surface area contributed by atoms with Crippen LogP contribution in [0.3, 0.4) is 0 Å². The lowest BCUT2D eigenvalue weighted by Crippen LogP contribution is -2.24. The summed E-state index contributed by atoms with van der Waals surface area (Å²) in [5.41, 5.74) is 4.65. The van der Waals surface area contributed by atoms with Gasteiger partial charge in [-0.2, -0.15) is 4.98 Å². The Kier molecular flexibility index (Phi) is 3.59. The molecule has 1 heterocycles. The van der Waals surface area contributed by atoms with Gasteiger partial charge in [0.25, 0.3) is 0 Å². The summed E-state index contributed by atoms with van der Waals surface area (Å²) >= 11 is 0. The molecule has 0 amide bonds. The van der Waals surface area contributed by atoms with Gasteiger partial charge in [-0.05, 0) is 6.07 Å². The van der Waals surface area contributed by atoms with Crippen molar-refractivity contribution in [3.63, 3.8) is 0 Å². The van der Waals surface area contributed by atoms with E-state index in [9.17, 15) is 9.36 Å². The fourth-order valence-electron chi connectivity index (χ4n) is 0.870. The molecule has 0 aromatic carbocycles. The maximum Gasteiger partial charge on any atom is 0.469 e. The summed E-state index contributed by atoms with van der Waals surface area (Å²) in [4.78, 5) is 31.3. The molecule has 0 spiro atoms. The lowest BCUT2D eigenvalue weighted by atomic mass is 10.5. The zero-order chi connectivity index (χ0) is 11.5. The summed E-state index contributed by atoms with van der Waals surface area (Å²) in [5.74, 6) is 0.0900. The van der Waals surface area contributed by atoms with Gasteiger partial charge in [0.1, 0.15) is 5.82 Å². The zero-order valence-electron chi connectivity index (χ0n) is 7.61. The molecule has 1 aromatic heterocycles. The SMILES string of the molecule is Nc1ccn(CCOP(=O)(O)O)c(=O)n1. The Labute approximate surface area is 84.6 Å². The molecule has 0 atom stereocenters. The Morgan fingerprint density at radius 1 is 1.60 bits per heavy atom. The molecule has 4 N–H and O–H groups in total. The maximum atomic E-state index is 11.1. The summed E-state index contributed by atoms with van der Waals surface area (Å²) in [5, 5.41) is 0. The molecule has 0 unspecified atom stereocenters. The molecule has 15 heavy (non-hydrogen) atoms.